The third-order valence-corrected chi connectivity index (χ3v) is 0.874. The third-order valence-electron chi connectivity index (χ3n) is 0.441. The summed E-state index contributed by atoms with van der Waals surface area (Å²) in [7, 11) is -4.41. The lowest BCUT2D eigenvalue weighted by Crippen LogP contribution is -2.05. The second-order valence-corrected chi connectivity index (χ2v) is 2.22. The summed E-state index contributed by atoms with van der Waals surface area (Å²) in [5.74, 6) is 0. The van der Waals surface area contributed by atoms with Crippen LogP contribution in [-0.4, -0.2) is 25.8 Å². The number of hydrogen-bond donors (Lipinski definition) is 1. The lowest BCUT2D eigenvalue weighted by atomic mass is 10.8. The highest BCUT2D eigenvalue weighted by Gasteiger charge is 2.00. The highest BCUT2D eigenvalue weighted by molar-refractivity contribution is 7.80. The van der Waals surface area contributed by atoms with Gasteiger partial charge < -0.3 is 0 Å². The van der Waals surface area contributed by atoms with Gasteiger partial charge in [0.25, 0.3) is 0 Å². The maximum Gasteiger partial charge on any atom is 0.397 e. The Balaban J connectivity index is 3.61. The quantitative estimate of drug-likeness (QED) is 0.339. The van der Waals surface area contributed by atoms with Gasteiger partial charge in [-0.25, -0.2) is 4.18 Å². The van der Waals surface area contributed by atoms with Crippen molar-refractivity contribution < 1.29 is 17.2 Å². The highest BCUT2D eigenvalue weighted by atomic mass is 32.3. The van der Waals surface area contributed by atoms with Crippen LogP contribution in [0.5, 0.6) is 0 Å². The van der Waals surface area contributed by atoms with Crippen molar-refractivity contribution in [1.29, 1.82) is 5.26 Å². The molecule has 0 fully saturated rings. The Kier molecular flexibility index (Phi) is 3.56. The van der Waals surface area contributed by atoms with Crippen molar-refractivity contribution >= 4 is 16.6 Å². The molecule has 0 aromatic heterocycles. The molecule has 0 saturated heterocycles. The first-order valence-electron chi connectivity index (χ1n) is 2.08. The minimum Gasteiger partial charge on any atom is -0.264 e. The summed E-state index contributed by atoms with van der Waals surface area (Å²) in [5, 5.41) is 7.78. The molecule has 56 valence electrons. The zero-order valence-corrected chi connectivity index (χ0v) is 5.58. The van der Waals surface area contributed by atoms with E-state index in [1.165, 1.54) is 6.19 Å². The maximum absolute atomic E-state index is 9.78. The van der Waals surface area contributed by atoms with E-state index in [-0.39, 0.29) is 0 Å². The van der Waals surface area contributed by atoms with Crippen molar-refractivity contribution in [3.05, 3.63) is 0 Å². The molecule has 0 bridgehead atoms. The van der Waals surface area contributed by atoms with Gasteiger partial charge in [-0.2, -0.15) is 18.7 Å². The first kappa shape index (κ1) is 9.03. The number of nitrogens with zero attached hydrogens (tertiary/aromatic N) is 2. The van der Waals surface area contributed by atoms with Crippen molar-refractivity contribution in [3.8, 4) is 6.19 Å². The monoisotopic (exact) mass is 164 g/mol. The van der Waals surface area contributed by atoms with Gasteiger partial charge in [-0.1, -0.05) is 0 Å². The van der Waals surface area contributed by atoms with Gasteiger partial charge in [0.1, 0.15) is 6.61 Å². The molecule has 0 aromatic carbocycles. The van der Waals surface area contributed by atoms with Gasteiger partial charge in [-0.05, 0) is 0 Å². The molecule has 0 atom stereocenters. The van der Waals surface area contributed by atoms with Crippen molar-refractivity contribution in [1.82, 2.24) is 0 Å². The second-order valence-electron chi connectivity index (χ2n) is 1.12. The lowest BCUT2D eigenvalue weighted by Gasteiger charge is -1.89. The summed E-state index contributed by atoms with van der Waals surface area (Å²) in [6.45, 7) is -0.438. The molecule has 0 spiro atoms. The summed E-state index contributed by atoms with van der Waals surface area (Å²) < 4.78 is 31.2. The molecular formula is C3H4N2O4S. The zero-order valence-electron chi connectivity index (χ0n) is 4.76. The first-order chi connectivity index (χ1) is 4.56. The van der Waals surface area contributed by atoms with Crippen LogP contribution < -0.4 is 0 Å². The molecule has 0 amide bonds. The lowest BCUT2D eigenvalue weighted by molar-refractivity contribution is 0.306. The van der Waals surface area contributed by atoms with Crippen LogP contribution in [0.25, 0.3) is 0 Å². The number of nitriles is 1. The van der Waals surface area contributed by atoms with E-state index in [1.54, 1.807) is 0 Å². The predicted octanol–water partition coefficient (Wildman–Crippen LogP) is -0.642. The van der Waals surface area contributed by atoms with E-state index >= 15 is 0 Å². The average Bonchev–Trinajstić information content (AvgIpc) is 1.78. The molecule has 0 heterocycles. The van der Waals surface area contributed by atoms with Crippen LogP contribution in [0.15, 0.2) is 4.99 Å². The van der Waals surface area contributed by atoms with Crippen LogP contribution in [0.1, 0.15) is 0 Å². The minimum atomic E-state index is -4.41. The van der Waals surface area contributed by atoms with Gasteiger partial charge in [-0.15, -0.1) is 0 Å². The van der Waals surface area contributed by atoms with E-state index < -0.39 is 17.0 Å². The van der Waals surface area contributed by atoms with Crippen LogP contribution in [0.4, 0.5) is 0 Å². The molecule has 0 unspecified atom stereocenters. The first-order valence-corrected chi connectivity index (χ1v) is 3.45. The Morgan fingerprint density at radius 2 is 2.40 bits per heavy atom. The topological polar surface area (TPSA) is 99.8 Å². The highest BCUT2D eigenvalue weighted by Crippen LogP contribution is 1.81. The normalized spacial score (nSPS) is 11.6. The van der Waals surface area contributed by atoms with Crippen LogP contribution in [0.2, 0.25) is 0 Å². The molecule has 1 N–H and O–H groups in total. The summed E-state index contributed by atoms with van der Waals surface area (Å²) in [5.41, 5.74) is 0. The summed E-state index contributed by atoms with van der Waals surface area (Å²) >= 11 is 0. The van der Waals surface area contributed by atoms with E-state index in [2.05, 4.69) is 9.18 Å². The van der Waals surface area contributed by atoms with E-state index in [0.717, 1.165) is 6.21 Å². The van der Waals surface area contributed by atoms with Crippen LogP contribution in [0, 0.1) is 11.5 Å². The molecule has 10 heavy (non-hydrogen) atoms. The van der Waals surface area contributed by atoms with E-state index in [0.29, 0.717) is 0 Å². The van der Waals surface area contributed by atoms with Crippen molar-refractivity contribution in [2.75, 3.05) is 6.61 Å². The van der Waals surface area contributed by atoms with E-state index in [9.17, 15) is 8.42 Å². The van der Waals surface area contributed by atoms with Crippen LogP contribution >= 0.6 is 0 Å². The molecule has 0 saturated carbocycles. The number of hydrogen-bond acceptors (Lipinski definition) is 5. The Morgan fingerprint density at radius 1 is 1.80 bits per heavy atom. The zero-order chi connectivity index (χ0) is 8.04. The Hall–Kier alpha value is -0.970. The summed E-state index contributed by atoms with van der Waals surface area (Å²) in [6, 6.07) is 0. The Labute approximate surface area is 57.7 Å². The number of rotatable bonds is 3. The van der Waals surface area contributed by atoms with Gasteiger partial charge in [0.05, 0.1) is 0 Å². The number of aliphatic imine (C=N–C) groups is 1. The molecule has 0 aliphatic carbocycles. The van der Waals surface area contributed by atoms with Gasteiger partial charge >= 0.3 is 10.4 Å². The summed E-state index contributed by atoms with van der Waals surface area (Å²) in [4.78, 5) is 2.95. The van der Waals surface area contributed by atoms with Gasteiger partial charge in [0, 0.05) is 6.21 Å². The molecule has 0 aromatic rings. The molecule has 0 radical (unpaired) electrons. The fourth-order valence-corrected chi connectivity index (χ4v) is 0.427. The van der Waals surface area contributed by atoms with Crippen molar-refractivity contribution in [2.45, 2.75) is 0 Å². The van der Waals surface area contributed by atoms with Gasteiger partial charge in [0.2, 0.25) is 6.19 Å². The molecule has 6 nitrogen and oxygen atoms in total. The predicted molar refractivity (Wildman–Crippen MR) is 31.6 cm³/mol. The maximum atomic E-state index is 9.78. The fraction of sp³-hybridized carbons (Fsp3) is 0.333. The largest absolute Gasteiger partial charge is 0.397 e. The molecule has 7 heteroatoms. The molecular weight excluding hydrogens is 160 g/mol. The molecule has 0 rings (SSSR count). The standard InChI is InChI=1S/C3H4N2O4S/c4-3-5-1-2-9-10(6,7)8/h1H,2H2,(H,6,7,8). The third kappa shape index (κ3) is 7.03. The molecule has 0 aliphatic heterocycles. The smallest absolute Gasteiger partial charge is 0.264 e. The molecule has 0 aliphatic rings. The summed E-state index contributed by atoms with van der Waals surface area (Å²) in [6.07, 6.45) is 2.28. The second kappa shape index (κ2) is 3.94. The van der Waals surface area contributed by atoms with Crippen molar-refractivity contribution in [2.24, 2.45) is 4.99 Å². The van der Waals surface area contributed by atoms with E-state index in [4.69, 9.17) is 9.81 Å². The van der Waals surface area contributed by atoms with Crippen LogP contribution in [0.3, 0.4) is 0 Å². The van der Waals surface area contributed by atoms with Crippen molar-refractivity contribution in [3.63, 3.8) is 0 Å². The fourth-order valence-electron chi connectivity index (χ4n) is 0.195. The van der Waals surface area contributed by atoms with Crippen LogP contribution in [-0.2, 0) is 14.6 Å². The van der Waals surface area contributed by atoms with Gasteiger partial charge in [0.15, 0.2) is 0 Å². The van der Waals surface area contributed by atoms with Gasteiger partial charge in [-0.3, -0.25) is 4.55 Å². The SMILES string of the molecule is N#CN=CCOS(=O)(=O)O. The average molecular weight is 164 g/mol. The Bertz CT molecular complexity index is 248. The minimum absolute atomic E-state index is 0.438. The Morgan fingerprint density at radius 3 is 2.80 bits per heavy atom. The van der Waals surface area contributed by atoms with E-state index in [1.807, 2.05) is 0 Å².